The van der Waals surface area contributed by atoms with Gasteiger partial charge in [-0.3, -0.25) is 0 Å². The molecular weight excluding hydrogens is 348 g/mol. The number of aliphatic hydroxyl groups is 1. The van der Waals surface area contributed by atoms with Crippen LogP contribution >= 0.6 is 0 Å². The summed E-state index contributed by atoms with van der Waals surface area (Å²) in [4.78, 5) is 0. The largest absolute Gasteiger partial charge is 0.388 e. The normalized spacial score (nSPS) is 12.5. The molecule has 1 N–H and O–H groups in total. The van der Waals surface area contributed by atoms with Crippen molar-refractivity contribution in [3.05, 3.63) is 120 Å². The molecule has 3 rings (SSSR count). The Labute approximate surface area is 166 Å². The van der Waals surface area contributed by atoms with E-state index < -0.39 is 11.7 Å². The molecule has 3 heteroatoms. The van der Waals surface area contributed by atoms with Crippen molar-refractivity contribution in [2.75, 3.05) is 19.8 Å². The molecule has 0 aromatic heterocycles. The average molecular weight is 374 g/mol. The standard InChI is InChI=1S/C25H26O3/c1-2-18-27-19-24(26)20-28-25(21-12-6-3-7-13-21,22-14-8-4-9-15-22)23-16-10-5-11-17-23/h2-17,24,26H,1,18-20H2/t24-/m0/s1. The first-order valence-electron chi connectivity index (χ1n) is 9.44. The van der Waals surface area contributed by atoms with E-state index >= 15 is 0 Å². The Balaban J connectivity index is 2.03. The molecule has 0 radical (unpaired) electrons. The van der Waals surface area contributed by atoms with Gasteiger partial charge < -0.3 is 14.6 Å². The number of rotatable bonds is 10. The van der Waals surface area contributed by atoms with E-state index in [1.54, 1.807) is 6.08 Å². The van der Waals surface area contributed by atoms with Crippen molar-refractivity contribution < 1.29 is 14.6 Å². The van der Waals surface area contributed by atoms with Gasteiger partial charge in [0.2, 0.25) is 0 Å². The zero-order valence-corrected chi connectivity index (χ0v) is 15.9. The summed E-state index contributed by atoms with van der Waals surface area (Å²) < 4.78 is 11.9. The third kappa shape index (κ3) is 4.57. The number of hydrogen-bond donors (Lipinski definition) is 1. The molecule has 3 nitrogen and oxygen atoms in total. The second kappa shape index (κ2) is 10.00. The highest BCUT2D eigenvalue weighted by Gasteiger charge is 2.37. The Morgan fingerprint density at radius 3 is 1.57 bits per heavy atom. The van der Waals surface area contributed by atoms with Crippen LogP contribution in [0.2, 0.25) is 0 Å². The van der Waals surface area contributed by atoms with Crippen LogP contribution in [0.15, 0.2) is 104 Å². The van der Waals surface area contributed by atoms with E-state index in [1.807, 2.05) is 54.6 Å². The highest BCUT2D eigenvalue weighted by molar-refractivity contribution is 5.47. The topological polar surface area (TPSA) is 38.7 Å². The van der Waals surface area contributed by atoms with Gasteiger partial charge in [-0.05, 0) is 16.7 Å². The van der Waals surface area contributed by atoms with E-state index in [9.17, 15) is 5.11 Å². The minimum atomic E-state index is -0.830. The molecule has 28 heavy (non-hydrogen) atoms. The third-order valence-corrected chi connectivity index (χ3v) is 4.58. The van der Waals surface area contributed by atoms with Gasteiger partial charge in [-0.25, -0.2) is 0 Å². The maximum atomic E-state index is 10.4. The Morgan fingerprint density at radius 1 is 0.750 bits per heavy atom. The summed E-state index contributed by atoms with van der Waals surface area (Å²) in [5, 5.41) is 10.4. The number of aliphatic hydroxyl groups excluding tert-OH is 1. The Hall–Kier alpha value is -2.72. The van der Waals surface area contributed by atoms with E-state index in [-0.39, 0.29) is 13.2 Å². The molecule has 0 saturated carbocycles. The lowest BCUT2D eigenvalue weighted by molar-refractivity contribution is -0.0612. The van der Waals surface area contributed by atoms with Gasteiger partial charge in [0.15, 0.2) is 0 Å². The van der Waals surface area contributed by atoms with Crippen LogP contribution in [0.5, 0.6) is 0 Å². The van der Waals surface area contributed by atoms with E-state index in [2.05, 4.69) is 43.0 Å². The van der Waals surface area contributed by atoms with Gasteiger partial charge in [0, 0.05) is 0 Å². The number of benzene rings is 3. The summed E-state index contributed by atoms with van der Waals surface area (Å²) in [5.74, 6) is 0. The summed E-state index contributed by atoms with van der Waals surface area (Å²) in [6.07, 6.45) is 0.922. The highest BCUT2D eigenvalue weighted by Crippen LogP contribution is 2.40. The van der Waals surface area contributed by atoms with Crippen molar-refractivity contribution in [3.63, 3.8) is 0 Å². The minimum Gasteiger partial charge on any atom is -0.388 e. The first-order chi connectivity index (χ1) is 13.8. The Kier molecular flexibility index (Phi) is 7.15. The molecule has 0 heterocycles. The molecule has 1 atom stereocenters. The lowest BCUT2D eigenvalue weighted by atomic mass is 9.80. The lowest BCUT2D eigenvalue weighted by Gasteiger charge is -2.36. The van der Waals surface area contributed by atoms with Crippen molar-refractivity contribution in [2.24, 2.45) is 0 Å². The molecule has 0 spiro atoms. The van der Waals surface area contributed by atoms with Gasteiger partial charge in [0.25, 0.3) is 0 Å². The molecular formula is C25H26O3. The predicted octanol–water partition coefficient (Wildman–Crippen LogP) is 4.56. The molecule has 0 amide bonds. The first-order valence-corrected chi connectivity index (χ1v) is 9.44. The van der Waals surface area contributed by atoms with Crippen LogP contribution in [0.4, 0.5) is 0 Å². The summed E-state index contributed by atoms with van der Waals surface area (Å²) in [7, 11) is 0. The number of ether oxygens (including phenoxy) is 2. The molecule has 3 aromatic rings. The van der Waals surface area contributed by atoms with Crippen molar-refractivity contribution >= 4 is 0 Å². The molecule has 3 aromatic carbocycles. The third-order valence-electron chi connectivity index (χ3n) is 4.58. The van der Waals surface area contributed by atoms with E-state index in [0.717, 1.165) is 16.7 Å². The van der Waals surface area contributed by atoms with Crippen molar-refractivity contribution in [3.8, 4) is 0 Å². The smallest absolute Gasteiger partial charge is 0.143 e. The zero-order valence-electron chi connectivity index (χ0n) is 15.9. The van der Waals surface area contributed by atoms with E-state index in [4.69, 9.17) is 9.47 Å². The van der Waals surface area contributed by atoms with Crippen LogP contribution in [-0.4, -0.2) is 31.0 Å². The van der Waals surface area contributed by atoms with Crippen LogP contribution in [0, 0.1) is 0 Å². The summed E-state index contributed by atoms with van der Waals surface area (Å²) in [5.41, 5.74) is 2.19. The highest BCUT2D eigenvalue weighted by atomic mass is 16.5. The molecule has 0 bridgehead atoms. The molecule has 0 aliphatic rings. The summed E-state index contributed by atoms with van der Waals surface area (Å²) >= 11 is 0. The zero-order chi connectivity index (χ0) is 19.7. The van der Waals surface area contributed by atoms with Gasteiger partial charge in [0.1, 0.15) is 11.7 Å². The quantitative estimate of drug-likeness (QED) is 0.321. The van der Waals surface area contributed by atoms with Gasteiger partial charge in [-0.1, -0.05) is 97.1 Å². The summed E-state index contributed by atoms with van der Waals surface area (Å²) in [6, 6.07) is 30.3. The van der Waals surface area contributed by atoms with E-state index in [0.29, 0.717) is 6.61 Å². The van der Waals surface area contributed by atoms with Gasteiger partial charge in [0.05, 0.1) is 19.8 Å². The van der Waals surface area contributed by atoms with Crippen molar-refractivity contribution in [1.82, 2.24) is 0 Å². The fourth-order valence-corrected chi connectivity index (χ4v) is 3.33. The summed E-state index contributed by atoms with van der Waals surface area (Å²) in [6.45, 7) is 4.35. The molecule has 0 fully saturated rings. The molecule has 0 unspecified atom stereocenters. The molecule has 0 saturated heterocycles. The van der Waals surface area contributed by atoms with Gasteiger partial charge in [-0.15, -0.1) is 6.58 Å². The van der Waals surface area contributed by atoms with E-state index in [1.165, 1.54) is 0 Å². The van der Waals surface area contributed by atoms with Crippen LogP contribution in [0.1, 0.15) is 16.7 Å². The Bertz CT molecular complexity index is 735. The van der Waals surface area contributed by atoms with Crippen LogP contribution in [0.25, 0.3) is 0 Å². The van der Waals surface area contributed by atoms with Crippen molar-refractivity contribution in [2.45, 2.75) is 11.7 Å². The first kappa shape index (κ1) is 20.0. The van der Waals surface area contributed by atoms with Crippen LogP contribution < -0.4 is 0 Å². The van der Waals surface area contributed by atoms with Crippen molar-refractivity contribution in [1.29, 1.82) is 0 Å². The monoisotopic (exact) mass is 374 g/mol. The fraction of sp³-hybridized carbons (Fsp3) is 0.200. The average Bonchev–Trinajstić information content (AvgIpc) is 2.77. The Morgan fingerprint density at radius 2 is 1.18 bits per heavy atom. The number of hydrogen-bond acceptors (Lipinski definition) is 3. The predicted molar refractivity (Wildman–Crippen MR) is 112 cm³/mol. The van der Waals surface area contributed by atoms with Gasteiger partial charge >= 0.3 is 0 Å². The molecule has 144 valence electrons. The fourth-order valence-electron chi connectivity index (χ4n) is 3.33. The minimum absolute atomic E-state index is 0.135. The maximum absolute atomic E-state index is 10.4. The van der Waals surface area contributed by atoms with Gasteiger partial charge in [-0.2, -0.15) is 0 Å². The second-order valence-electron chi connectivity index (χ2n) is 6.57. The SMILES string of the molecule is C=CCOC[C@H](O)COC(c1ccccc1)(c1ccccc1)c1ccccc1. The lowest BCUT2D eigenvalue weighted by Crippen LogP contribution is -2.36. The molecule has 0 aliphatic carbocycles. The van der Waals surface area contributed by atoms with Crippen LogP contribution in [0.3, 0.4) is 0 Å². The second-order valence-corrected chi connectivity index (χ2v) is 6.57. The maximum Gasteiger partial charge on any atom is 0.143 e. The molecule has 0 aliphatic heterocycles. The van der Waals surface area contributed by atoms with Crippen LogP contribution in [-0.2, 0) is 15.1 Å².